The smallest absolute Gasteiger partial charge is 0.272 e. The van der Waals surface area contributed by atoms with E-state index in [9.17, 15) is 18.8 Å². The molecule has 0 aliphatic carbocycles. The molecular formula is C32H27ClFN3O3S. The fraction of sp³-hybridized carbons (Fsp3) is 0.0938. The Morgan fingerprint density at radius 2 is 1.59 bits per heavy atom. The molecule has 4 aromatic carbocycles. The van der Waals surface area contributed by atoms with E-state index in [1.54, 1.807) is 73.7 Å². The minimum absolute atomic E-state index is 0.0202. The number of carbonyl (C=O) groups excluding carboxylic acids is 3. The molecule has 4 rings (SSSR count). The van der Waals surface area contributed by atoms with Crippen LogP contribution >= 0.6 is 23.4 Å². The van der Waals surface area contributed by atoms with Crippen LogP contribution in [0.4, 0.5) is 15.8 Å². The topological polar surface area (TPSA) is 87.3 Å². The van der Waals surface area contributed by atoms with Crippen molar-refractivity contribution in [2.24, 2.45) is 0 Å². The first kappa shape index (κ1) is 29.6. The molecule has 0 radical (unpaired) electrons. The molecule has 0 aliphatic rings. The standard InChI is InChI=1S/C32H27ClFN3O3S/c1-20-27(33)12-7-13-28(20)36-30(38)21(2)41-26-11-6-10-25(19-26)35-32(40)29(18-22-14-16-24(34)17-15-22)37-31(39)23-8-4-3-5-9-23/h3-19,21H,1-2H3,(H,35,40)(H,36,38)(H,37,39)/b29-18+. The van der Waals surface area contributed by atoms with Gasteiger partial charge in [0.25, 0.3) is 11.8 Å². The Morgan fingerprint density at radius 1 is 0.878 bits per heavy atom. The van der Waals surface area contributed by atoms with Crippen LogP contribution in [0.15, 0.2) is 108 Å². The first-order chi connectivity index (χ1) is 19.7. The molecule has 9 heteroatoms. The van der Waals surface area contributed by atoms with Gasteiger partial charge in [-0.1, -0.05) is 54.1 Å². The number of carbonyl (C=O) groups is 3. The normalized spacial score (nSPS) is 11.9. The molecule has 6 nitrogen and oxygen atoms in total. The summed E-state index contributed by atoms with van der Waals surface area (Å²) in [6.07, 6.45) is 1.47. The van der Waals surface area contributed by atoms with Crippen LogP contribution in [0.3, 0.4) is 0 Å². The summed E-state index contributed by atoms with van der Waals surface area (Å²) in [5.41, 5.74) is 2.79. The van der Waals surface area contributed by atoms with Gasteiger partial charge in [0, 0.05) is 26.9 Å². The number of anilines is 2. The van der Waals surface area contributed by atoms with Gasteiger partial charge in [-0.05, 0) is 85.6 Å². The van der Waals surface area contributed by atoms with Crippen molar-refractivity contribution in [3.05, 3.63) is 130 Å². The van der Waals surface area contributed by atoms with Crippen molar-refractivity contribution in [1.82, 2.24) is 5.32 Å². The maximum Gasteiger partial charge on any atom is 0.272 e. The zero-order valence-corrected chi connectivity index (χ0v) is 23.9. The molecule has 0 spiro atoms. The van der Waals surface area contributed by atoms with Crippen molar-refractivity contribution in [3.8, 4) is 0 Å². The Kier molecular flexibility index (Phi) is 9.95. The molecule has 0 saturated carbocycles. The Bertz CT molecular complexity index is 1590. The van der Waals surface area contributed by atoms with Crippen molar-refractivity contribution in [1.29, 1.82) is 0 Å². The summed E-state index contributed by atoms with van der Waals surface area (Å²) < 4.78 is 13.4. The average molecular weight is 588 g/mol. The highest BCUT2D eigenvalue weighted by Gasteiger charge is 2.18. The summed E-state index contributed by atoms with van der Waals surface area (Å²) in [5, 5.41) is 8.49. The average Bonchev–Trinajstić information content (AvgIpc) is 2.96. The molecule has 3 N–H and O–H groups in total. The number of benzene rings is 4. The third-order valence-corrected chi connectivity index (χ3v) is 7.51. The summed E-state index contributed by atoms with van der Waals surface area (Å²) in [7, 11) is 0. The largest absolute Gasteiger partial charge is 0.325 e. The zero-order valence-electron chi connectivity index (χ0n) is 22.3. The van der Waals surface area contributed by atoms with E-state index in [2.05, 4.69) is 16.0 Å². The monoisotopic (exact) mass is 587 g/mol. The number of hydrogen-bond donors (Lipinski definition) is 3. The fourth-order valence-electron chi connectivity index (χ4n) is 3.75. The summed E-state index contributed by atoms with van der Waals surface area (Å²) in [5.74, 6) is -1.64. The van der Waals surface area contributed by atoms with E-state index in [0.717, 1.165) is 10.5 Å². The Balaban J connectivity index is 1.48. The molecule has 1 atom stereocenters. The lowest BCUT2D eigenvalue weighted by molar-refractivity contribution is -0.115. The molecule has 0 aliphatic heterocycles. The molecule has 208 valence electrons. The molecular weight excluding hydrogens is 561 g/mol. The predicted octanol–water partition coefficient (Wildman–Crippen LogP) is 7.32. The van der Waals surface area contributed by atoms with E-state index < -0.39 is 22.9 Å². The van der Waals surface area contributed by atoms with Gasteiger partial charge < -0.3 is 16.0 Å². The van der Waals surface area contributed by atoms with Crippen LogP contribution in [-0.4, -0.2) is 23.0 Å². The van der Waals surface area contributed by atoms with Crippen molar-refractivity contribution in [3.63, 3.8) is 0 Å². The number of halogens is 2. The van der Waals surface area contributed by atoms with Crippen LogP contribution in [0.1, 0.15) is 28.4 Å². The molecule has 4 aromatic rings. The van der Waals surface area contributed by atoms with E-state index in [-0.39, 0.29) is 11.6 Å². The van der Waals surface area contributed by atoms with E-state index >= 15 is 0 Å². The zero-order chi connectivity index (χ0) is 29.4. The van der Waals surface area contributed by atoms with Crippen LogP contribution in [0, 0.1) is 12.7 Å². The molecule has 0 saturated heterocycles. The number of rotatable bonds is 9. The Morgan fingerprint density at radius 3 is 2.32 bits per heavy atom. The molecule has 0 aromatic heterocycles. The van der Waals surface area contributed by atoms with Crippen LogP contribution in [0.2, 0.25) is 5.02 Å². The van der Waals surface area contributed by atoms with Crippen LogP contribution in [0.25, 0.3) is 6.08 Å². The van der Waals surface area contributed by atoms with E-state index in [4.69, 9.17) is 11.6 Å². The molecule has 41 heavy (non-hydrogen) atoms. The predicted molar refractivity (Wildman–Crippen MR) is 163 cm³/mol. The minimum Gasteiger partial charge on any atom is -0.325 e. The number of hydrogen-bond acceptors (Lipinski definition) is 4. The van der Waals surface area contributed by atoms with E-state index in [1.165, 1.54) is 42.1 Å². The van der Waals surface area contributed by atoms with Crippen molar-refractivity contribution in [2.75, 3.05) is 10.6 Å². The first-order valence-electron chi connectivity index (χ1n) is 12.7. The Hall–Kier alpha value is -4.40. The van der Waals surface area contributed by atoms with Gasteiger partial charge in [0.15, 0.2) is 0 Å². The second-order valence-corrected chi connectivity index (χ2v) is 10.9. The maximum atomic E-state index is 13.4. The van der Waals surface area contributed by atoms with Crippen molar-refractivity contribution >= 4 is 58.5 Å². The Labute approximate surface area is 247 Å². The fourth-order valence-corrected chi connectivity index (χ4v) is 4.85. The molecule has 0 bridgehead atoms. The van der Waals surface area contributed by atoms with Gasteiger partial charge in [-0.3, -0.25) is 14.4 Å². The minimum atomic E-state index is -0.567. The van der Waals surface area contributed by atoms with Gasteiger partial charge in [-0.2, -0.15) is 0 Å². The van der Waals surface area contributed by atoms with Crippen LogP contribution < -0.4 is 16.0 Å². The second kappa shape index (κ2) is 13.8. The van der Waals surface area contributed by atoms with Gasteiger partial charge in [0.05, 0.1) is 5.25 Å². The van der Waals surface area contributed by atoms with Crippen molar-refractivity contribution in [2.45, 2.75) is 24.0 Å². The lowest BCUT2D eigenvalue weighted by Gasteiger charge is -2.15. The number of amides is 3. The lowest BCUT2D eigenvalue weighted by atomic mass is 10.1. The summed E-state index contributed by atoms with van der Waals surface area (Å²) in [4.78, 5) is 39.7. The van der Waals surface area contributed by atoms with E-state index in [1.807, 2.05) is 13.0 Å². The lowest BCUT2D eigenvalue weighted by Crippen LogP contribution is -2.30. The second-order valence-electron chi connectivity index (χ2n) is 9.07. The molecule has 0 heterocycles. The van der Waals surface area contributed by atoms with E-state index in [0.29, 0.717) is 27.5 Å². The highest BCUT2D eigenvalue weighted by Crippen LogP contribution is 2.28. The summed E-state index contributed by atoms with van der Waals surface area (Å²) in [6, 6.07) is 26.4. The summed E-state index contributed by atoms with van der Waals surface area (Å²) >= 11 is 7.49. The van der Waals surface area contributed by atoms with Gasteiger partial charge in [-0.25, -0.2) is 4.39 Å². The third-order valence-electron chi connectivity index (χ3n) is 6.01. The van der Waals surface area contributed by atoms with Crippen LogP contribution in [0.5, 0.6) is 0 Å². The quantitative estimate of drug-likeness (QED) is 0.141. The molecule has 3 amide bonds. The van der Waals surface area contributed by atoms with Gasteiger partial charge in [0.2, 0.25) is 5.91 Å². The maximum absolute atomic E-state index is 13.4. The van der Waals surface area contributed by atoms with Gasteiger partial charge >= 0.3 is 0 Å². The third kappa shape index (κ3) is 8.30. The van der Waals surface area contributed by atoms with Crippen molar-refractivity contribution < 1.29 is 18.8 Å². The van der Waals surface area contributed by atoms with Gasteiger partial charge in [-0.15, -0.1) is 11.8 Å². The van der Waals surface area contributed by atoms with Crippen LogP contribution in [-0.2, 0) is 9.59 Å². The number of thioether (sulfide) groups is 1. The molecule has 1 unspecified atom stereocenters. The highest BCUT2D eigenvalue weighted by molar-refractivity contribution is 8.00. The molecule has 0 fully saturated rings. The number of nitrogens with one attached hydrogen (secondary N) is 3. The van der Waals surface area contributed by atoms with Gasteiger partial charge in [0.1, 0.15) is 11.5 Å². The highest BCUT2D eigenvalue weighted by atomic mass is 35.5. The first-order valence-corrected chi connectivity index (χ1v) is 13.9. The summed E-state index contributed by atoms with van der Waals surface area (Å²) in [6.45, 7) is 3.62. The SMILES string of the molecule is Cc1c(Cl)cccc1NC(=O)C(C)Sc1cccc(NC(=O)/C(=C\c2ccc(F)cc2)NC(=O)c2ccccc2)c1.